The van der Waals surface area contributed by atoms with Crippen molar-refractivity contribution in [3.63, 3.8) is 0 Å². The Hall–Kier alpha value is -2.73. The summed E-state index contributed by atoms with van der Waals surface area (Å²) in [7, 11) is 1.81. The highest BCUT2D eigenvalue weighted by Crippen LogP contribution is 2.39. The number of aromatic nitrogens is 3. The molecule has 5 rings (SSSR count). The third-order valence-electron chi connectivity index (χ3n) is 4.80. The van der Waals surface area contributed by atoms with Gasteiger partial charge in [-0.3, -0.25) is 14.8 Å². The van der Waals surface area contributed by atoms with Gasteiger partial charge in [0.05, 0.1) is 10.2 Å². The molecule has 4 aromatic rings. The normalized spacial score (nSPS) is 13.0. The highest BCUT2D eigenvalue weighted by atomic mass is 32.1. The second kappa shape index (κ2) is 5.13. The van der Waals surface area contributed by atoms with Crippen LogP contribution in [-0.4, -0.2) is 20.7 Å². The molecule has 2 heterocycles. The molecule has 0 atom stereocenters. The minimum Gasteiger partial charge on any atom is -0.296 e. The molecule has 0 radical (unpaired) electrons. The summed E-state index contributed by atoms with van der Waals surface area (Å²) >= 11 is 1.52. The lowest BCUT2D eigenvalue weighted by Crippen LogP contribution is -2.13. The molecule has 2 aromatic heterocycles. The number of aryl methyl sites for hydroxylation is 4. The standard InChI is InChI=1S/C19H16N4OS/c1-10-9-23(2)22-16(10)18(24)21-19-20-17-13-5-3-4-11-6-7-12(15(11)13)8-14(17)25-19/h3-5,8-9H,6-7H2,1-2H3,(H,20,21,24). The van der Waals surface area contributed by atoms with E-state index in [0.717, 1.165) is 28.6 Å². The Morgan fingerprint density at radius 1 is 1.28 bits per heavy atom. The van der Waals surface area contributed by atoms with Crippen LogP contribution in [0.1, 0.15) is 27.2 Å². The van der Waals surface area contributed by atoms with E-state index in [-0.39, 0.29) is 5.91 Å². The van der Waals surface area contributed by atoms with Crippen LogP contribution in [0, 0.1) is 6.92 Å². The zero-order chi connectivity index (χ0) is 17.1. The van der Waals surface area contributed by atoms with Crippen molar-refractivity contribution in [3.05, 3.63) is 52.8 Å². The minimum absolute atomic E-state index is 0.213. The van der Waals surface area contributed by atoms with Gasteiger partial charge in [0.1, 0.15) is 0 Å². The molecule has 6 heteroatoms. The molecule has 1 N–H and O–H groups in total. The lowest BCUT2D eigenvalue weighted by atomic mass is 10.0. The molecular weight excluding hydrogens is 332 g/mol. The number of anilines is 1. The van der Waals surface area contributed by atoms with Crippen molar-refractivity contribution in [2.75, 3.05) is 5.32 Å². The fourth-order valence-electron chi connectivity index (χ4n) is 3.75. The van der Waals surface area contributed by atoms with Crippen molar-refractivity contribution >= 4 is 43.4 Å². The van der Waals surface area contributed by atoms with Crippen LogP contribution in [0.25, 0.3) is 21.0 Å². The summed E-state index contributed by atoms with van der Waals surface area (Å²) < 4.78 is 2.77. The Morgan fingerprint density at radius 2 is 2.12 bits per heavy atom. The first kappa shape index (κ1) is 14.6. The first-order valence-electron chi connectivity index (χ1n) is 8.26. The van der Waals surface area contributed by atoms with E-state index in [0.29, 0.717) is 10.8 Å². The summed E-state index contributed by atoms with van der Waals surface area (Å²) in [6.45, 7) is 1.88. The van der Waals surface area contributed by atoms with Crippen LogP contribution < -0.4 is 5.32 Å². The molecule has 0 fully saturated rings. The first-order chi connectivity index (χ1) is 12.1. The van der Waals surface area contributed by atoms with Crippen LogP contribution >= 0.6 is 11.3 Å². The van der Waals surface area contributed by atoms with Gasteiger partial charge in [-0.1, -0.05) is 29.5 Å². The Bertz CT molecular complexity index is 1170. The zero-order valence-corrected chi connectivity index (χ0v) is 14.8. The predicted octanol–water partition coefficient (Wildman–Crippen LogP) is 3.84. The fourth-order valence-corrected chi connectivity index (χ4v) is 4.69. The van der Waals surface area contributed by atoms with Crippen LogP contribution in [0.15, 0.2) is 30.5 Å². The summed E-state index contributed by atoms with van der Waals surface area (Å²) in [6, 6.07) is 8.66. The molecule has 0 saturated heterocycles. The van der Waals surface area contributed by atoms with E-state index >= 15 is 0 Å². The van der Waals surface area contributed by atoms with Crippen molar-refractivity contribution in [2.24, 2.45) is 7.05 Å². The summed E-state index contributed by atoms with van der Waals surface area (Å²) in [5.74, 6) is -0.213. The van der Waals surface area contributed by atoms with Crippen molar-refractivity contribution < 1.29 is 4.79 Å². The number of amides is 1. The van der Waals surface area contributed by atoms with Crippen LogP contribution in [-0.2, 0) is 19.9 Å². The summed E-state index contributed by atoms with van der Waals surface area (Å²) in [4.78, 5) is 17.2. The Kier molecular flexibility index (Phi) is 3.00. The number of rotatable bonds is 2. The smallest absolute Gasteiger partial charge is 0.278 e. The van der Waals surface area contributed by atoms with Gasteiger partial charge in [0.15, 0.2) is 10.8 Å². The number of nitrogens with zero attached hydrogens (tertiary/aromatic N) is 3. The fraction of sp³-hybridized carbons (Fsp3) is 0.211. The van der Waals surface area contributed by atoms with Gasteiger partial charge in [-0.2, -0.15) is 5.10 Å². The molecule has 5 nitrogen and oxygen atoms in total. The van der Waals surface area contributed by atoms with Crippen molar-refractivity contribution in [1.29, 1.82) is 0 Å². The number of hydrogen-bond acceptors (Lipinski definition) is 4. The van der Waals surface area contributed by atoms with Crippen molar-refractivity contribution in [2.45, 2.75) is 19.8 Å². The van der Waals surface area contributed by atoms with Gasteiger partial charge in [-0.25, -0.2) is 4.98 Å². The van der Waals surface area contributed by atoms with Crippen molar-refractivity contribution in [3.8, 4) is 0 Å². The number of carbonyl (C=O) groups is 1. The van der Waals surface area contributed by atoms with Crippen LogP contribution in [0.3, 0.4) is 0 Å². The molecule has 0 saturated carbocycles. The molecule has 2 aromatic carbocycles. The molecule has 0 bridgehead atoms. The molecular formula is C19H16N4OS. The van der Waals surface area contributed by atoms with E-state index in [2.05, 4.69) is 34.7 Å². The highest BCUT2D eigenvalue weighted by molar-refractivity contribution is 7.22. The van der Waals surface area contributed by atoms with Gasteiger partial charge in [-0.15, -0.1) is 0 Å². The summed E-state index contributed by atoms with van der Waals surface area (Å²) in [5, 5.41) is 10.3. The Labute approximate surface area is 148 Å². The maximum atomic E-state index is 12.5. The second-order valence-electron chi connectivity index (χ2n) is 6.53. The molecule has 0 aliphatic heterocycles. The number of fused-ring (bicyclic) bond motifs is 2. The van der Waals surface area contributed by atoms with E-state index in [1.54, 1.807) is 4.68 Å². The van der Waals surface area contributed by atoms with Gasteiger partial charge in [0.25, 0.3) is 5.91 Å². The summed E-state index contributed by atoms with van der Waals surface area (Å²) in [5.41, 5.74) is 5.06. The van der Waals surface area contributed by atoms with Gasteiger partial charge in [-0.05, 0) is 42.3 Å². The van der Waals surface area contributed by atoms with E-state index in [9.17, 15) is 4.79 Å². The number of hydrogen-bond donors (Lipinski definition) is 1. The van der Waals surface area contributed by atoms with Crippen molar-refractivity contribution in [1.82, 2.24) is 14.8 Å². The quantitative estimate of drug-likeness (QED) is 0.599. The van der Waals surface area contributed by atoms with Gasteiger partial charge in [0.2, 0.25) is 0 Å². The van der Waals surface area contributed by atoms with Crippen LogP contribution in [0.4, 0.5) is 5.13 Å². The number of nitrogens with one attached hydrogen (secondary N) is 1. The number of carbonyl (C=O) groups excluding carboxylic acids is 1. The minimum atomic E-state index is -0.213. The Morgan fingerprint density at radius 3 is 2.92 bits per heavy atom. The first-order valence-corrected chi connectivity index (χ1v) is 9.07. The van der Waals surface area contributed by atoms with E-state index in [1.165, 1.54) is 33.2 Å². The number of thiazole rings is 1. The Balaban J connectivity index is 1.59. The number of benzene rings is 2. The van der Waals surface area contributed by atoms with Gasteiger partial charge < -0.3 is 0 Å². The average Bonchev–Trinajstić information content (AvgIpc) is 3.26. The van der Waals surface area contributed by atoms with Crippen LogP contribution in [0.5, 0.6) is 0 Å². The van der Waals surface area contributed by atoms with Gasteiger partial charge in [0, 0.05) is 24.2 Å². The lowest BCUT2D eigenvalue weighted by molar-refractivity contribution is 0.102. The molecule has 0 spiro atoms. The molecule has 1 aliphatic carbocycles. The third kappa shape index (κ3) is 2.17. The maximum absolute atomic E-state index is 12.5. The maximum Gasteiger partial charge on any atom is 0.278 e. The van der Waals surface area contributed by atoms with E-state index in [1.807, 2.05) is 20.2 Å². The molecule has 1 aliphatic rings. The van der Waals surface area contributed by atoms with Crippen LogP contribution in [0.2, 0.25) is 0 Å². The van der Waals surface area contributed by atoms with Gasteiger partial charge >= 0.3 is 0 Å². The highest BCUT2D eigenvalue weighted by Gasteiger charge is 2.20. The second-order valence-corrected chi connectivity index (χ2v) is 7.56. The molecule has 0 unspecified atom stereocenters. The van der Waals surface area contributed by atoms with E-state index < -0.39 is 0 Å². The molecule has 124 valence electrons. The lowest BCUT2D eigenvalue weighted by Gasteiger charge is -2.02. The molecule has 25 heavy (non-hydrogen) atoms. The largest absolute Gasteiger partial charge is 0.296 e. The monoisotopic (exact) mass is 348 g/mol. The zero-order valence-electron chi connectivity index (χ0n) is 14.0. The average molecular weight is 348 g/mol. The SMILES string of the molecule is Cc1cn(C)nc1C(=O)Nc1nc2c(cc3c4c(cccc42)CC3)s1. The predicted molar refractivity (Wildman–Crippen MR) is 100 cm³/mol. The summed E-state index contributed by atoms with van der Waals surface area (Å²) in [6.07, 6.45) is 4.02. The third-order valence-corrected chi connectivity index (χ3v) is 5.71. The topological polar surface area (TPSA) is 59.8 Å². The van der Waals surface area contributed by atoms with E-state index in [4.69, 9.17) is 4.98 Å². The molecule has 1 amide bonds.